The summed E-state index contributed by atoms with van der Waals surface area (Å²) in [6, 6.07) is 4.31. The van der Waals surface area contributed by atoms with Gasteiger partial charge < -0.3 is 0 Å². The van der Waals surface area contributed by atoms with Crippen LogP contribution in [0.25, 0.3) is 0 Å². The van der Waals surface area contributed by atoms with Gasteiger partial charge in [-0.3, -0.25) is 0 Å². The predicted octanol–water partition coefficient (Wildman–Crippen LogP) is 4.27. The zero-order chi connectivity index (χ0) is 11.7. The van der Waals surface area contributed by atoms with Crippen LogP contribution in [-0.4, -0.2) is 9.73 Å². The molecule has 0 saturated heterocycles. The van der Waals surface area contributed by atoms with Crippen molar-refractivity contribution in [3.8, 4) is 0 Å². The molecule has 1 nitrogen and oxygen atoms in total. The lowest BCUT2D eigenvalue weighted by atomic mass is 9.88. The summed E-state index contributed by atoms with van der Waals surface area (Å²) in [4.78, 5) is 4.40. The lowest BCUT2D eigenvalue weighted by Gasteiger charge is -2.21. The van der Waals surface area contributed by atoms with Crippen molar-refractivity contribution in [2.75, 3.05) is 0 Å². The fraction of sp³-hybridized carbons (Fsp3) is 0.615. The largest absolute Gasteiger partial charge is 0.250 e. The summed E-state index contributed by atoms with van der Waals surface area (Å²) < 4.78 is 0.226. The third kappa shape index (κ3) is 4.25. The first-order chi connectivity index (χ1) is 6.68. The summed E-state index contributed by atoms with van der Waals surface area (Å²) in [7, 11) is 0. The first-order valence-electron chi connectivity index (χ1n) is 5.34. The summed E-state index contributed by atoms with van der Waals surface area (Å²) in [6.45, 7) is 13.3. The lowest BCUT2D eigenvalue weighted by Crippen LogP contribution is -2.12. The molecule has 0 unspecified atom stereocenters. The van der Waals surface area contributed by atoms with Crippen molar-refractivity contribution < 1.29 is 0 Å². The van der Waals surface area contributed by atoms with Crippen molar-refractivity contribution in [1.82, 2.24) is 4.98 Å². The molecule has 0 aromatic carbocycles. The van der Waals surface area contributed by atoms with Gasteiger partial charge in [0.25, 0.3) is 0 Å². The van der Waals surface area contributed by atoms with E-state index in [0.717, 1.165) is 5.03 Å². The van der Waals surface area contributed by atoms with Crippen LogP contribution in [-0.2, 0) is 5.41 Å². The Morgan fingerprint density at radius 2 is 1.67 bits per heavy atom. The number of pyridine rings is 1. The molecule has 0 atom stereocenters. The van der Waals surface area contributed by atoms with Crippen LogP contribution >= 0.6 is 11.8 Å². The molecule has 0 aliphatic heterocycles. The van der Waals surface area contributed by atoms with E-state index < -0.39 is 0 Å². The van der Waals surface area contributed by atoms with E-state index in [1.807, 2.05) is 18.0 Å². The number of thioether (sulfide) groups is 1. The molecule has 0 fully saturated rings. The molecule has 1 aromatic heterocycles. The van der Waals surface area contributed by atoms with Gasteiger partial charge in [-0.05, 0) is 23.1 Å². The van der Waals surface area contributed by atoms with Gasteiger partial charge >= 0.3 is 0 Å². The Labute approximate surface area is 97.7 Å². The minimum absolute atomic E-state index is 0.204. The lowest BCUT2D eigenvalue weighted by molar-refractivity contribution is 0.586. The van der Waals surface area contributed by atoms with E-state index in [-0.39, 0.29) is 10.2 Å². The third-order valence-corrected chi connectivity index (χ3v) is 3.06. The molecule has 0 amide bonds. The molecule has 0 N–H and O–H groups in total. The van der Waals surface area contributed by atoms with Crippen molar-refractivity contribution in [2.24, 2.45) is 0 Å². The van der Waals surface area contributed by atoms with E-state index in [1.54, 1.807) is 0 Å². The van der Waals surface area contributed by atoms with Gasteiger partial charge in [0.05, 0.1) is 5.03 Å². The molecule has 0 aliphatic rings. The topological polar surface area (TPSA) is 12.9 Å². The molecule has 0 bridgehead atoms. The highest BCUT2D eigenvalue weighted by Crippen LogP contribution is 2.32. The normalized spacial score (nSPS) is 12.9. The number of hydrogen-bond acceptors (Lipinski definition) is 2. The van der Waals surface area contributed by atoms with Crippen LogP contribution in [0.3, 0.4) is 0 Å². The van der Waals surface area contributed by atoms with E-state index >= 15 is 0 Å². The van der Waals surface area contributed by atoms with E-state index in [1.165, 1.54) is 5.56 Å². The Morgan fingerprint density at radius 1 is 1.07 bits per heavy atom. The summed E-state index contributed by atoms with van der Waals surface area (Å²) >= 11 is 1.82. The second-order valence-electron chi connectivity index (χ2n) is 5.85. The molecule has 1 rings (SSSR count). The van der Waals surface area contributed by atoms with Gasteiger partial charge in [0.15, 0.2) is 0 Å². The Balaban J connectivity index is 2.94. The zero-order valence-corrected chi connectivity index (χ0v) is 11.4. The van der Waals surface area contributed by atoms with E-state index in [4.69, 9.17) is 0 Å². The minimum Gasteiger partial charge on any atom is -0.250 e. The molecule has 0 radical (unpaired) electrons. The van der Waals surface area contributed by atoms with Crippen molar-refractivity contribution >= 4 is 11.8 Å². The van der Waals surface area contributed by atoms with Crippen LogP contribution in [0.2, 0.25) is 0 Å². The van der Waals surface area contributed by atoms with Crippen molar-refractivity contribution in [1.29, 1.82) is 0 Å². The van der Waals surface area contributed by atoms with Crippen LogP contribution < -0.4 is 0 Å². The minimum atomic E-state index is 0.204. The van der Waals surface area contributed by atoms with Gasteiger partial charge in [-0.1, -0.05) is 41.5 Å². The molecule has 84 valence electrons. The molecule has 1 aromatic rings. The molecule has 0 saturated carbocycles. The predicted molar refractivity (Wildman–Crippen MR) is 68.5 cm³/mol. The van der Waals surface area contributed by atoms with Crippen molar-refractivity contribution in [2.45, 2.75) is 56.7 Å². The van der Waals surface area contributed by atoms with Gasteiger partial charge in [-0.2, -0.15) is 0 Å². The summed E-state index contributed by atoms with van der Waals surface area (Å²) in [5, 5.41) is 1.12. The van der Waals surface area contributed by atoms with Gasteiger partial charge in [0, 0.05) is 10.9 Å². The molecular formula is C13H21NS. The summed E-state index contributed by atoms with van der Waals surface area (Å²) in [5.41, 5.74) is 1.56. The van der Waals surface area contributed by atoms with Gasteiger partial charge in [-0.15, -0.1) is 11.8 Å². The average molecular weight is 223 g/mol. The maximum absolute atomic E-state index is 4.40. The number of rotatable bonds is 1. The highest BCUT2D eigenvalue weighted by Gasteiger charge is 2.17. The maximum Gasteiger partial charge on any atom is 0.0967 e. The summed E-state index contributed by atoms with van der Waals surface area (Å²) in [6.07, 6.45) is 1.91. The highest BCUT2D eigenvalue weighted by molar-refractivity contribution is 8.00. The number of nitrogens with zero attached hydrogens (tertiary/aromatic N) is 1. The quantitative estimate of drug-likeness (QED) is 0.659. The Morgan fingerprint density at radius 3 is 2.13 bits per heavy atom. The monoisotopic (exact) mass is 223 g/mol. The van der Waals surface area contributed by atoms with Crippen LogP contribution in [0.4, 0.5) is 0 Å². The summed E-state index contributed by atoms with van der Waals surface area (Å²) in [5.74, 6) is 0. The second kappa shape index (κ2) is 4.17. The second-order valence-corrected chi connectivity index (χ2v) is 7.69. The molecule has 0 aliphatic carbocycles. The van der Waals surface area contributed by atoms with E-state index in [2.05, 4.69) is 58.7 Å². The first-order valence-corrected chi connectivity index (χ1v) is 6.16. The Kier molecular flexibility index (Phi) is 3.49. The molecule has 1 heterocycles. The third-order valence-electron chi connectivity index (χ3n) is 2.01. The van der Waals surface area contributed by atoms with Crippen LogP contribution in [0, 0.1) is 0 Å². The van der Waals surface area contributed by atoms with Crippen molar-refractivity contribution in [3.05, 3.63) is 23.9 Å². The zero-order valence-electron chi connectivity index (χ0n) is 10.6. The Hall–Kier alpha value is -0.500. The molecule has 0 spiro atoms. The Bertz CT molecular complexity index is 331. The number of aromatic nitrogens is 1. The fourth-order valence-corrected chi connectivity index (χ4v) is 2.17. The van der Waals surface area contributed by atoms with Gasteiger partial charge in [-0.25, -0.2) is 4.98 Å². The van der Waals surface area contributed by atoms with Crippen LogP contribution in [0.15, 0.2) is 23.4 Å². The van der Waals surface area contributed by atoms with Gasteiger partial charge in [0.2, 0.25) is 0 Å². The smallest absolute Gasteiger partial charge is 0.0967 e. The maximum atomic E-state index is 4.40. The van der Waals surface area contributed by atoms with E-state index in [0.29, 0.717) is 0 Å². The van der Waals surface area contributed by atoms with Crippen LogP contribution in [0.5, 0.6) is 0 Å². The van der Waals surface area contributed by atoms with Crippen molar-refractivity contribution in [3.63, 3.8) is 0 Å². The first kappa shape index (κ1) is 12.6. The number of hydrogen-bond donors (Lipinski definition) is 0. The average Bonchev–Trinajstić information content (AvgIpc) is 1.99. The standard InChI is InChI=1S/C13H21NS/c1-12(2,3)10-7-8-14-11(9-10)15-13(4,5)6/h7-9H,1-6H3. The van der Waals surface area contributed by atoms with E-state index in [9.17, 15) is 0 Å². The fourth-order valence-electron chi connectivity index (χ4n) is 1.25. The SMILES string of the molecule is CC(C)(C)Sc1cc(C(C)(C)C)ccn1. The van der Waals surface area contributed by atoms with Crippen LogP contribution in [0.1, 0.15) is 47.1 Å². The molecular weight excluding hydrogens is 202 g/mol. The molecule has 2 heteroatoms. The molecule has 15 heavy (non-hydrogen) atoms. The van der Waals surface area contributed by atoms with Gasteiger partial charge in [0.1, 0.15) is 0 Å². The highest BCUT2D eigenvalue weighted by atomic mass is 32.2.